The average molecular weight is 451 g/mol. The highest BCUT2D eigenvalue weighted by Crippen LogP contribution is 2.17. The van der Waals surface area contributed by atoms with E-state index in [0.717, 1.165) is 5.56 Å². The molecule has 0 radical (unpaired) electrons. The topological polar surface area (TPSA) is 92.3 Å². The monoisotopic (exact) mass is 450 g/mol. The van der Waals surface area contributed by atoms with E-state index < -0.39 is 15.9 Å². The van der Waals surface area contributed by atoms with Gasteiger partial charge in [-0.25, -0.2) is 8.42 Å². The van der Waals surface area contributed by atoms with E-state index in [1.807, 2.05) is 36.4 Å². The summed E-state index contributed by atoms with van der Waals surface area (Å²) in [5, 5.41) is 5.69. The van der Waals surface area contributed by atoms with Gasteiger partial charge in [-0.15, -0.1) is 0 Å². The van der Waals surface area contributed by atoms with Crippen molar-refractivity contribution in [2.75, 3.05) is 12.3 Å². The molecule has 0 aliphatic heterocycles. The average Bonchev–Trinajstić information content (AvgIpc) is 2.83. The van der Waals surface area contributed by atoms with Crippen LogP contribution < -0.4 is 10.6 Å². The second-order valence-corrected chi connectivity index (χ2v) is 9.45. The molecule has 0 bridgehead atoms. The number of carbonyl (C=O) groups is 2. The molecule has 1 unspecified atom stereocenters. The number of hydrogen-bond acceptors (Lipinski definition) is 4. The largest absolute Gasteiger partial charge is 0.356 e. The van der Waals surface area contributed by atoms with Crippen LogP contribution in [0.1, 0.15) is 34.8 Å². The lowest BCUT2D eigenvalue weighted by Gasteiger charge is -2.19. The molecule has 1 atom stereocenters. The van der Waals surface area contributed by atoms with E-state index in [-0.39, 0.29) is 35.4 Å². The van der Waals surface area contributed by atoms with Crippen molar-refractivity contribution in [3.8, 4) is 0 Å². The van der Waals surface area contributed by atoms with Gasteiger partial charge in [-0.05, 0) is 36.2 Å². The first kappa shape index (κ1) is 23.2. The van der Waals surface area contributed by atoms with Crippen LogP contribution in [0, 0.1) is 0 Å². The number of carbonyl (C=O) groups excluding carboxylic acids is 2. The van der Waals surface area contributed by atoms with E-state index in [9.17, 15) is 18.0 Å². The van der Waals surface area contributed by atoms with Crippen molar-refractivity contribution in [1.82, 2.24) is 10.6 Å². The maximum atomic E-state index is 12.6. The van der Waals surface area contributed by atoms with Crippen LogP contribution in [-0.4, -0.2) is 32.5 Å². The van der Waals surface area contributed by atoms with E-state index in [1.54, 1.807) is 54.6 Å². The zero-order chi connectivity index (χ0) is 22.8. The summed E-state index contributed by atoms with van der Waals surface area (Å²) in [6.07, 6.45) is 0.351. The van der Waals surface area contributed by atoms with Gasteiger partial charge in [0.15, 0.2) is 9.84 Å². The molecule has 3 aromatic carbocycles. The zero-order valence-corrected chi connectivity index (χ0v) is 18.4. The van der Waals surface area contributed by atoms with Gasteiger partial charge in [0, 0.05) is 12.1 Å². The molecule has 0 spiro atoms. The Kier molecular flexibility index (Phi) is 8.16. The molecule has 32 heavy (non-hydrogen) atoms. The molecule has 0 aromatic heterocycles. The molecule has 3 aromatic rings. The smallest absolute Gasteiger partial charge is 0.251 e. The van der Waals surface area contributed by atoms with Crippen LogP contribution >= 0.6 is 0 Å². The van der Waals surface area contributed by atoms with E-state index in [2.05, 4.69) is 10.6 Å². The highest BCUT2D eigenvalue weighted by molar-refractivity contribution is 7.91. The van der Waals surface area contributed by atoms with Gasteiger partial charge in [0.05, 0.1) is 23.1 Å². The second kappa shape index (κ2) is 11.2. The van der Waals surface area contributed by atoms with Gasteiger partial charge in [-0.2, -0.15) is 0 Å². The highest BCUT2D eigenvalue weighted by atomic mass is 32.2. The number of benzene rings is 3. The van der Waals surface area contributed by atoms with Crippen molar-refractivity contribution < 1.29 is 18.0 Å². The fourth-order valence-electron chi connectivity index (χ4n) is 3.26. The summed E-state index contributed by atoms with van der Waals surface area (Å²) < 4.78 is 24.7. The van der Waals surface area contributed by atoms with E-state index in [4.69, 9.17) is 0 Å². The van der Waals surface area contributed by atoms with Crippen molar-refractivity contribution in [3.63, 3.8) is 0 Å². The molecular weight excluding hydrogens is 424 g/mol. The fourth-order valence-corrected chi connectivity index (χ4v) is 4.59. The SMILES string of the molecule is O=C(CC(NC(=O)c1ccccc1)c1ccccc1)NCCCS(=O)(=O)c1ccccc1. The number of hydrogen-bond donors (Lipinski definition) is 2. The van der Waals surface area contributed by atoms with Crippen LogP contribution in [0.25, 0.3) is 0 Å². The molecule has 6 nitrogen and oxygen atoms in total. The summed E-state index contributed by atoms with van der Waals surface area (Å²) in [7, 11) is -3.38. The molecule has 0 aliphatic rings. The molecule has 0 heterocycles. The lowest BCUT2D eigenvalue weighted by molar-refractivity contribution is -0.121. The minimum absolute atomic E-state index is 0.0496. The van der Waals surface area contributed by atoms with Gasteiger partial charge >= 0.3 is 0 Å². The van der Waals surface area contributed by atoms with Crippen molar-refractivity contribution in [2.24, 2.45) is 0 Å². The molecule has 0 fully saturated rings. The first-order valence-corrected chi connectivity index (χ1v) is 12.1. The summed E-state index contributed by atoms with van der Waals surface area (Å²) in [6.45, 7) is 0.235. The normalized spacial score (nSPS) is 12.0. The molecule has 0 saturated carbocycles. The molecule has 0 aliphatic carbocycles. The van der Waals surface area contributed by atoms with Crippen LogP contribution in [0.2, 0.25) is 0 Å². The first-order chi connectivity index (χ1) is 15.5. The van der Waals surface area contributed by atoms with Crippen molar-refractivity contribution in [3.05, 3.63) is 102 Å². The third kappa shape index (κ3) is 6.78. The third-order valence-corrected chi connectivity index (χ3v) is 6.76. The van der Waals surface area contributed by atoms with Gasteiger partial charge in [0.1, 0.15) is 0 Å². The Morgan fingerprint density at radius 3 is 1.97 bits per heavy atom. The van der Waals surface area contributed by atoms with Crippen LogP contribution in [0.15, 0.2) is 95.9 Å². The minimum atomic E-state index is -3.38. The number of rotatable bonds is 10. The van der Waals surface area contributed by atoms with Crippen molar-refractivity contribution in [1.29, 1.82) is 0 Å². The Hall–Kier alpha value is -3.45. The van der Waals surface area contributed by atoms with Crippen LogP contribution in [0.3, 0.4) is 0 Å². The van der Waals surface area contributed by atoms with E-state index in [1.165, 1.54) is 0 Å². The Morgan fingerprint density at radius 2 is 1.34 bits per heavy atom. The van der Waals surface area contributed by atoms with Gasteiger partial charge in [0.25, 0.3) is 5.91 Å². The zero-order valence-electron chi connectivity index (χ0n) is 17.6. The molecule has 3 rings (SSSR count). The predicted molar refractivity (Wildman–Crippen MR) is 124 cm³/mol. The van der Waals surface area contributed by atoms with Gasteiger partial charge in [0.2, 0.25) is 5.91 Å². The lowest BCUT2D eigenvalue weighted by atomic mass is 10.0. The summed E-state index contributed by atoms with van der Waals surface area (Å²) in [4.78, 5) is 25.4. The Balaban J connectivity index is 1.55. The van der Waals surface area contributed by atoms with Crippen molar-refractivity contribution in [2.45, 2.75) is 23.8 Å². The standard InChI is InChI=1S/C25H26N2O4S/c28-24(26-17-10-18-32(30,31)22-15-8-3-9-16-22)19-23(20-11-4-1-5-12-20)27-25(29)21-13-6-2-7-14-21/h1-9,11-16,23H,10,17-19H2,(H,26,28)(H,27,29). The predicted octanol–water partition coefficient (Wildman–Crippen LogP) is 3.53. The number of sulfone groups is 1. The number of amides is 2. The Bertz CT molecular complexity index is 1120. The molecule has 7 heteroatoms. The van der Waals surface area contributed by atoms with Crippen LogP contribution in [-0.2, 0) is 14.6 Å². The van der Waals surface area contributed by atoms with Crippen molar-refractivity contribution >= 4 is 21.7 Å². The third-order valence-electron chi connectivity index (χ3n) is 4.95. The van der Waals surface area contributed by atoms with E-state index in [0.29, 0.717) is 12.0 Å². The molecule has 0 saturated heterocycles. The maximum absolute atomic E-state index is 12.6. The molecular formula is C25H26N2O4S. The van der Waals surface area contributed by atoms with Gasteiger partial charge < -0.3 is 10.6 Å². The van der Waals surface area contributed by atoms with Crippen LogP contribution in [0.5, 0.6) is 0 Å². The Morgan fingerprint density at radius 1 is 0.781 bits per heavy atom. The molecule has 166 valence electrons. The maximum Gasteiger partial charge on any atom is 0.251 e. The summed E-state index contributed by atoms with van der Waals surface area (Å²) in [5.74, 6) is -0.574. The molecule has 2 amide bonds. The fraction of sp³-hybridized carbons (Fsp3) is 0.200. The lowest BCUT2D eigenvalue weighted by Crippen LogP contribution is -2.34. The number of nitrogens with one attached hydrogen (secondary N) is 2. The van der Waals surface area contributed by atoms with Gasteiger partial charge in [-0.3, -0.25) is 9.59 Å². The van der Waals surface area contributed by atoms with E-state index >= 15 is 0 Å². The summed E-state index contributed by atoms with van der Waals surface area (Å²) >= 11 is 0. The second-order valence-electron chi connectivity index (χ2n) is 7.34. The summed E-state index contributed by atoms with van der Waals surface area (Å²) in [6, 6.07) is 25.9. The summed E-state index contributed by atoms with van der Waals surface area (Å²) in [5.41, 5.74) is 1.33. The van der Waals surface area contributed by atoms with Gasteiger partial charge in [-0.1, -0.05) is 66.7 Å². The minimum Gasteiger partial charge on any atom is -0.356 e. The Labute approximate surface area is 188 Å². The highest BCUT2D eigenvalue weighted by Gasteiger charge is 2.19. The molecule has 2 N–H and O–H groups in total. The van der Waals surface area contributed by atoms with Crippen LogP contribution in [0.4, 0.5) is 0 Å². The first-order valence-electron chi connectivity index (χ1n) is 10.4. The quantitative estimate of drug-likeness (QED) is 0.462.